The number of carbonyl (C=O) groups is 1. The predicted octanol–water partition coefficient (Wildman–Crippen LogP) is 7.07. The number of benzene rings is 1. The molecule has 4 N–H and O–H groups in total. The zero-order valence-electron chi connectivity index (χ0n) is 17.3. The highest BCUT2D eigenvalue weighted by Gasteiger charge is 2.10. The third kappa shape index (κ3) is 10.8. The lowest BCUT2D eigenvalue weighted by Gasteiger charge is -2.07. The molecule has 1 aromatic rings. The van der Waals surface area contributed by atoms with Gasteiger partial charge < -0.3 is 11.5 Å². The molecule has 0 unspecified atom stereocenters. The molecule has 0 saturated heterocycles. The average Bonchev–Trinajstić information content (AvgIpc) is 2.67. The molecule has 0 amide bonds. The van der Waals surface area contributed by atoms with E-state index in [4.69, 9.17) is 11.5 Å². The number of hydrogen-bond acceptors (Lipinski definition) is 3. The van der Waals surface area contributed by atoms with Crippen LogP contribution in [0.4, 0.5) is 11.4 Å². The van der Waals surface area contributed by atoms with Crippen molar-refractivity contribution in [3.63, 3.8) is 0 Å². The van der Waals surface area contributed by atoms with Gasteiger partial charge in [0.25, 0.3) is 0 Å². The maximum atomic E-state index is 12.2. The summed E-state index contributed by atoms with van der Waals surface area (Å²) >= 11 is 0. The Labute approximate surface area is 166 Å². The molecule has 0 aliphatic rings. The van der Waals surface area contributed by atoms with Gasteiger partial charge in [-0.2, -0.15) is 0 Å². The van der Waals surface area contributed by atoms with Crippen LogP contribution in [0.1, 0.15) is 107 Å². The smallest absolute Gasteiger partial charge is 0.165 e. The van der Waals surface area contributed by atoms with E-state index in [1.165, 1.54) is 70.6 Å². The molecule has 1 aromatic carbocycles. The Bertz CT molecular complexity index is 551. The van der Waals surface area contributed by atoms with Crippen molar-refractivity contribution < 1.29 is 4.79 Å². The number of Topliss-reactive ketones (excluding diaryl/α,β-unsaturated/α-hetero) is 1. The average molecular weight is 373 g/mol. The predicted molar refractivity (Wildman–Crippen MR) is 119 cm³/mol. The highest BCUT2D eigenvalue weighted by molar-refractivity contribution is 6.02. The molecule has 0 atom stereocenters. The van der Waals surface area contributed by atoms with Crippen molar-refractivity contribution in [2.45, 2.75) is 96.8 Å². The summed E-state index contributed by atoms with van der Waals surface area (Å²) in [6, 6.07) is 5.29. The first-order chi connectivity index (χ1) is 13.2. The van der Waals surface area contributed by atoms with Crippen molar-refractivity contribution in [2.24, 2.45) is 0 Å². The molecule has 0 aromatic heterocycles. The van der Waals surface area contributed by atoms with Crippen molar-refractivity contribution in [1.82, 2.24) is 0 Å². The fourth-order valence-corrected chi connectivity index (χ4v) is 3.32. The minimum atomic E-state index is 0.109. The maximum Gasteiger partial charge on any atom is 0.165 e. The molecule has 3 heteroatoms. The van der Waals surface area contributed by atoms with Gasteiger partial charge in [-0.3, -0.25) is 4.79 Å². The van der Waals surface area contributed by atoms with E-state index in [-0.39, 0.29) is 5.78 Å². The molecule has 0 spiro atoms. The number of unbranched alkanes of at least 4 members (excludes halogenated alkanes) is 11. The van der Waals surface area contributed by atoms with Gasteiger partial charge in [0.2, 0.25) is 0 Å². The molecule has 27 heavy (non-hydrogen) atoms. The quantitative estimate of drug-likeness (QED) is 0.141. The van der Waals surface area contributed by atoms with Crippen LogP contribution in [0.5, 0.6) is 0 Å². The van der Waals surface area contributed by atoms with E-state index < -0.39 is 0 Å². The van der Waals surface area contributed by atoms with E-state index >= 15 is 0 Å². The van der Waals surface area contributed by atoms with E-state index in [1.807, 2.05) is 0 Å². The lowest BCUT2D eigenvalue weighted by molar-refractivity contribution is 0.0980. The van der Waals surface area contributed by atoms with Crippen molar-refractivity contribution >= 4 is 17.2 Å². The van der Waals surface area contributed by atoms with E-state index in [0.717, 1.165) is 12.8 Å². The van der Waals surface area contributed by atoms with Crippen LogP contribution in [-0.4, -0.2) is 5.78 Å². The summed E-state index contributed by atoms with van der Waals surface area (Å²) in [5.74, 6) is 0.109. The van der Waals surface area contributed by atoms with E-state index in [1.54, 1.807) is 18.2 Å². The molecule has 152 valence electrons. The molecular weight excluding hydrogens is 332 g/mol. The lowest BCUT2D eigenvalue weighted by atomic mass is 10.0. The third-order valence-electron chi connectivity index (χ3n) is 5.11. The normalized spacial score (nSPS) is 11.3. The molecule has 1 rings (SSSR count). The monoisotopic (exact) mass is 372 g/mol. The fraction of sp³-hybridized carbons (Fsp3) is 0.625. The highest BCUT2D eigenvalue weighted by atomic mass is 16.1. The summed E-state index contributed by atoms with van der Waals surface area (Å²) in [6.07, 6.45) is 21.7. The summed E-state index contributed by atoms with van der Waals surface area (Å²) in [6.45, 7) is 2.26. The van der Waals surface area contributed by atoms with E-state index in [0.29, 0.717) is 23.4 Å². The molecule has 0 radical (unpaired) electrons. The number of hydrogen-bond donors (Lipinski definition) is 2. The van der Waals surface area contributed by atoms with Gasteiger partial charge in [0.05, 0.1) is 11.4 Å². The number of rotatable bonds is 16. The molecular formula is C24H40N2O. The molecule has 0 aliphatic heterocycles. The minimum absolute atomic E-state index is 0.109. The molecule has 0 bridgehead atoms. The van der Waals surface area contributed by atoms with Crippen molar-refractivity contribution in [2.75, 3.05) is 11.5 Å². The summed E-state index contributed by atoms with van der Waals surface area (Å²) in [7, 11) is 0. The summed E-state index contributed by atoms with van der Waals surface area (Å²) < 4.78 is 0. The van der Waals surface area contributed by atoms with Crippen LogP contribution >= 0.6 is 0 Å². The maximum absolute atomic E-state index is 12.2. The Balaban J connectivity index is 1.95. The summed E-state index contributed by atoms with van der Waals surface area (Å²) in [5.41, 5.74) is 13.1. The topological polar surface area (TPSA) is 69.1 Å². The third-order valence-corrected chi connectivity index (χ3v) is 5.11. The Morgan fingerprint density at radius 2 is 1.37 bits per heavy atom. The Morgan fingerprint density at radius 1 is 0.815 bits per heavy atom. The molecule has 0 heterocycles. The lowest BCUT2D eigenvalue weighted by Crippen LogP contribution is -2.06. The highest BCUT2D eigenvalue weighted by Crippen LogP contribution is 2.21. The number of nitrogens with two attached hydrogens (primary N) is 2. The van der Waals surface area contributed by atoms with Crippen LogP contribution in [0.25, 0.3) is 0 Å². The summed E-state index contributed by atoms with van der Waals surface area (Å²) in [4.78, 5) is 12.2. The van der Waals surface area contributed by atoms with Crippen molar-refractivity contribution in [3.8, 4) is 0 Å². The van der Waals surface area contributed by atoms with E-state index in [9.17, 15) is 4.79 Å². The number of nitrogen functional groups attached to an aromatic ring is 2. The first kappa shape index (κ1) is 23.3. The molecule has 0 fully saturated rings. The van der Waals surface area contributed by atoms with Crippen LogP contribution in [0, 0.1) is 0 Å². The van der Waals surface area contributed by atoms with Gasteiger partial charge in [-0.05, 0) is 44.2 Å². The van der Waals surface area contributed by atoms with Gasteiger partial charge in [0.1, 0.15) is 0 Å². The van der Waals surface area contributed by atoms with Gasteiger partial charge in [-0.25, -0.2) is 0 Å². The van der Waals surface area contributed by atoms with Gasteiger partial charge >= 0.3 is 0 Å². The largest absolute Gasteiger partial charge is 0.397 e. The minimum Gasteiger partial charge on any atom is -0.397 e. The van der Waals surface area contributed by atoms with Crippen LogP contribution < -0.4 is 11.5 Å². The molecule has 0 aliphatic carbocycles. The number of allylic oxidation sites excluding steroid dienone is 2. The van der Waals surface area contributed by atoms with Crippen LogP contribution in [0.15, 0.2) is 30.4 Å². The van der Waals surface area contributed by atoms with Crippen molar-refractivity contribution in [3.05, 3.63) is 35.9 Å². The van der Waals surface area contributed by atoms with Crippen LogP contribution in [-0.2, 0) is 0 Å². The second kappa shape index (κ2) is 15.3. The Kier molecular flexibility index (Phi) is 13.2. The SMILES string of the molecule is CCCCCCCCC=CCCCCCCCC(=O)c1cccc(N)c1N. The Hall–Kier alpha value is -1.77. The standard InChI is InChI=1S/C24H40N2O/c1-2-3-4-5-6-7-8-9-10-11-12-13-14-15-16-20-23(27)21-18-17-19-22(25)24(21)26/h9-10,17-19H,2-8,11-16,20,25-26H2,1H3. The first-order valence-electron chi connectivity index (χ1n) is 11.0. The number of para-hydroxylation sites is 1. The van der Waals surface area contributed by atoms with Gasteiger partial charge in [0.15, 0.2) is 5.78 Å². The van der Waals surface area contributed by atoms with Crippen molar-refractivity contribution in [1.29, 1.82) is 0 Å². The van der Waals surface area contributed by atoms with Gasteiger partial charge in [0, 0.05) is 12.0 Å². The van der Waals surface area contributed by atoms with Crippen LogP contribution in [0.3, 0.4) is 0 Å². The molecule has 3 nitrogen and oxygen atoms in total. The molecule has 0 saturated carbocycles. The number of carbonyl (C=O) groups excluding carboxylic acids is 1. The first-order valence-corrected chi connectivity index (χ1v) is 11.0. The second-order valence-electron chi connectivity index (χ2n) is 7.57. The van der Waals surface area contributed by atoms with Crippen LogP contribution in [0.2, 0.25) is 0 Å². The van der Waals surface area contributed by atoms with Gasteiger partial charge in [-0.1, -0.05) is 76.5 Å². The summed E-state index contributed by atoms with van der Waals surface area (Å²) in [5, 5.41) is 0. The van der Waals surface area contributed by atoms with E-state index in [2.05, 4.69) is 19.1 Å². The number of anilines is 2. The number of ketones is 1. The second-order valence-corrected chi connectivity index (χ2v) is 7.57. The Morgan fingerprint density at radius 3 is 2.00 bits per heavy atom. The van der Waals surface area contributed by atoms with Gasteiger partial charge in [-0.15, -0.1) is 0 Å². The zero-order chi connectivity index (χ0) is 19.7. The zero-order valence-corrected chi connectivity index (χ0v) is 17.3. The fourth-order valence-electron chi connectivity index (χ4n) is 3.32.